The third-order valence-electron chi connectivity index (χ3n) is 1.69. The van der Waals surface area contributed by atoms with Crippen molar-refractivity contribution in [3.05, 3.63) is 24.1 Å². The van der Waals surface area contributed by atoms with E-state index >= 15 is 0 Å². The lowest BCUT2D eigenvalue weighted by Crippen LogP contribution is -2.02. The fourth-order valence-corrected chi connectivity index (χ4v) is 1.08. The van der Waals surface area contributed by atoms with E-state index in [4.69, 9.17) is 10.3 Å². The van der Waals surface area contributed by atoms with Gasteiger partial charge in [0.1, 0.15) is 6.54 Å². The van der Waals surface area contributed by atoms with Crippen LogP contribution in [0.15, 0.2) is 17.0 Å². The molecule has 0 saturated heterocycles. The Morgan fingerprint density at radius 1 is 1.50 bits per heavy atom. The van der Waals surface area contributed by atoms with E-state index < -0.39 is 0 Å². The summed E-state index contributed by atoms with van der Waals surface area (Å²) in [4.78, 5) is 3.88. The molecule has 2 N–H and O–H groups in total. The van der Waals surface area contributed by atoms with E-state index in [1.165, 1.54) is 6.33 Å². The van der Waals surface area contributed by atoms with Crippen molar-refractivity contribution in [1.29, 1.82) is 0 Å². The lowest BCUT2D eigenvalue weighted by molar-refractivity contribution is 0.363. The Labute approximate surface area is 79.9 Å². The second-order valence-electron chi connectivity index (χ2n) is 2.78. The third kappa shape index (κ3) is 1.94. The maximum absolute atomic E-state index is 5.39. The zero-order chi connectivity index (χ0) is 9.80. The monoisotopic (exact) mass is 194 g/mol. The summed E-state index contributed by atoms with van der Waals surface area (Å²) in [5.41, 5.74) is 6.26. The summed E-state index contributed by atoms with van der Waals surface area (Å²) < 4.78 is 6.47. The maximum Gasteiger partial charge on any atom is 0.248 e. The van der Waals surface area contributed by atoms with Crippen LogP contribution >= 0.6 is 0 Å². The summed E-state index contributed by atoms with van der Waals surface area (Å²) in [5.74, 6) is 0.509. The van der Waals surface area contributed by atoms with E-state index in [9.17, 15) is 0 Å². The van der Waals surface area contributed by atoms with Crippen LogP contribution in [0.4, 0.5) is 0 Å². The first-order valence-corrected chi connectivity index (χ1v) is 4.23. The molecular weight excluding hydrogens is 184 g/mol. The van der Waals surface area contributed by atoms with Crippen molar-refractivity contribution in [3.63, 3.8) is 0 Å². The largest absolute Gasteiger partial charge is 0.338 e. The van der Waals surface area contributed by atoms with Crippen LogP contribution in [0.25, 0.3) is 0 Å². The van der Waals surface area contributed by atoms with Crippen molar-refractivity contribution in [1.82, 2.24) is 25.1 Å². The average molecular weight is 194 g/mol. The highest BCUT2D eigenvalue weighted by molar-refractivity contribution is 4.93. The van der Waals surface area contributed by atoms with Crippen molar-refractivity contribution in [2.45, 2.75) is 13.0 Å². The summed E-state index contributed by atoms with van der Waals surface area (Å²) >= 11 is 0. The van der Waals surface area contributed by atoms with Crippen LogP contribution in [0, 0.1) is 0 Å². The fourth-order valence-electron chi connectivity index (χ4n) is 1.08. The summed E-state index contributed by atoms with van der Waals surface area (Å²) in [6.45, 7) is 1.01. The van der Waals surface area contributed by atoms with Crippen LogP contribution in [-0.2, 0) is 13.0 Å². The van der Waals surface area contributed by atoms with Gasteiger partial charge in [-0.2, -0.15) is 4.98 Å². The second-order valence-corrected chi connectivity index (χ2v) is 2.78. The number of rotatable bonds is 4. The molecule has 2 rings (SSSR count). The Balaban J connectivity index is 2.03. The second kappa shape index (κ2) is 3.97. The minimum atomic E-state index is 0.442. The molecule has 0 amide bonds. The summed E-state index contributed by atoms with van der Waals surface area (Å²) in [6.07, 6.45) is 3.90. The van der Waals surface area contributed by atoms with E-state index in [0.29, 0.717) is 19.0 Å². The van der Waals surface area contributed by atoms with Crippen molar-refractivity contribution in [2.24, 2.45) is 5.73 Å². The SMILES string of the molecule is NCCc1cn(Cc2ncno2)nn1. The molecule has 0 bridgehead atoms. The summed E-state index contributed by atoms with van der Waals surface area (Å²) in [6, 6.07) is 0. The van der Waals surface area contributed by atoms with Crippen LogP contribution in [0.3, 0.4) is 0 Å². The number of nitrogens with zero attached hydrogens (tertiary/aromatic N) is 5. The molecule has 7 nitrogen and oxygen atoms in total. The smallest absolute Gasteiger partial charge is 0.248 e. The molecular formula is C7H10N6O. The molecule has 0 aromatic carbocycles. The van der Waals surface area contributed by atoms with Crippen LogP contribution in [0.1, 0.15) is 11.6 Å². The molecule has 2 aromatic rings. The van der Waals surface area contributed by atoms with Gasteiger partial charge >= 0.3 is 0 Å². The van der Waals surface area contributed by atoms with Crippen LogP contribution in [0.2, 0.25) is 0 Å². The third-order valence-corrected chi connectivity index (χ3v) is 1.69. The molecule has 0 saturated carbocycles. The minimum Gasteiger partial charge on any atom is -0.338 e. The van der Waals surface area contributed by atoms with Crippen molar-refractivity contribution in [2.75, 3.05) is 6.54 Å². The summed E-state index contributed by atoms with van der Waals surface area (Å²) in [5, 5.41) is 11.3. The van der Waals surface area contributed by atoms with Crippen LogP contribution < -0.4 is 5.73 Å². The number of nitrogens with two attached hydrogens (primary N) is 1. The normalized spacial score (nSPS) is 10.6. The van der Waals surface area contributed by atoms with Gasteiger partial charge in [0.15, 0.2) is 6.33 Å². The van der Waals surface area contributed by atoms with Crippen LogP contribution in [0.5, 0.6) is 0 Å². The average Bonchev–Trinajstić information content (AvgIpc) is 2.79. The van der Waals surface area contributed by atoms with Gasteiger partial charge in [0.25, 0.3) is 0 Å². The number of hydrogen-bond acceptors (Lipinski definition) is 6. The molecule has 2 aromatic heterocycles. The van der Waals surface area contributed by atoms with E-state index in [1.807, 2.05) is 6.20 Å². The quantitative estimate of drug-likeness (QED) is 0.685. The molecule has 0 aliphatic carbocycles. The standard InChI is InChI=1S/C7H10N6O/c8-2-1-6-3-13(12-11-6)4-7-9-5-10-14-7/h3,5H,1-2,4,8H2. The van der Waals surface area contributed by atoms with E-state index in [0.717, 1.165) is 12.1 Å². The van der Waals surface area contributed by atoms with Crippen LogP contribution in [-0.4, -0.2) is 31.7 Å². The van der Waals surface area contributed by atoms with Gasteiger partial charge in [-0.05, 0) is 6.54 Å². The Kier molecular flexibility index (Phi) is 2.50. The van der Waals surface area contributed by atoms with E-state index in [1.54, 1.807) is 4.68 Å². The van der Waals surface area contributed by atoms with Gasteiger partial charge in [0.2, 0.25) is 5.89 Å². The predicted molar refractivity (Wildman–Crippen MR) is 46.2 cm³/mol. The lowest BCUT2D eigenvalue weighted by atomic mass is 10.3. The molecule has 0 atom stereocenters. The molecule has 0 spiro atoms. The van der Waals surface area contributed by atoms with Gasteiger partial charge in [-0.15, -0.1) is 5.10 Å². The van der Waals surface area contributed by atoms with Gasteiger partial charge < -0.3 is 10.3 Å². The zero-order valence-corrected chi connectivity index (χ0v) is 7.50. The Bertz CT molecular complexity index is 381. The summed E-state index contributed by atoms with van der Waals surface area (Å²) in [7, 11) is 0. The van der Waals surface area contributed by atoms with Gasteiger partial charge in [0, 0.05) is 12.6 Å². The first kappa shape index (κ1) is 8.82. The zero-order valence-electron chi connectivity index (χ0n) is 7.50. The van der Waals surface area contributed by atoms with E-state index in [-0.39, 0.29) is 0 Å². The first-order valence-electron chi connectivity index (χ1n) is 4.23. The van der Waals surface area contributed by atoms with Crippen molar-refractivity contribution < 1.29 is 4.52 Å². The molecule has 0 unspecified atom stereocenters. The molecule has 2 heterocycles. The van der Waals surface area contributed by atoms with Gasteiger partial charge in [-0.25, -0.2) is 4.68 Å². The predicted octanol–water partition coefficient (Wildman–Crippen LogP) is -0.789. The van der Waals surface area contributed by atoms with Crippen molar-refractivity contribution in [3.8, 4) is 0 Å². The Morgan fingerprint density at radius 3 is 3.14 bits per heavy atom. The van der Waals surface area contributed by atoms with Crippen molar-refractivity contribution >= 4 is 0 Å². The Hall–Kier alpha value is -1.76. The highest BCUT2D eigenvalue weighted by Crippen LogP contribution is 1.98. The molecule has 0 radical (unpaired) electrons. The minimum absolute atomic E-state index is 0.442. The highest BCUT2D eigenvalue weighted by Gasteiger charge is 2.03. The molecule has 74 valence electrons. The Morgan fingerprint density at radius 2 is 2.43 bits per heavy atom. The van der Waals surface area contributed by atoms with Gasteiger partial charge in [0.05, 0.1) is 5.69 Å². The molecule has 0 aliphatic heterocycles. The number of aromatic nitrogens is 5. The molecule has 0 fully saturated rings. The molecule has 7 heteroatoms. The lowest BCUT2D eigenvalue weighted by Gasteiger charge is -1.91. The number of hydrogen-bond donors (Lipinski definition) is 1. The van der Waals surface area contributed by atoms with Gasteiger partial charge in [-0.1, -0.05) is 10.4 Å². The van der Waals surface area contributed by atoms with Gasteiger partial charge in [-0.3, -0.25) is 0 Å². The maximum atomic E-state index is 5.39. The van der Waals surface area contributed by atoms with E-state index in [2.05, 4.69) is 20.5 Å². The molecule has 0 aliphatic rings. The fraction of sp³-hybridized carbons (Fsp3) is 0.429. The highest BCUT2D eigenvalue weighted by atomic mass is 16.5. The first-order chi connectivity index (χ1) is 6.88. The molecule has 14 heavy (non-hydrogen) atoms. The topological polar surface area (TPSA) is 95.7 Å².